The number of ether oxygens (including phenoxy) is 2. The molecule has 5 aliphatic rings. The number of carbonyl (C=O) groups is 2. The predicted octanol–water partition coefficient (Wildman–Crippen LogP) is 8.09. The number of likely N-dealkylation sites (tertiary alicyclic amines) is 3. The number of hydrogen-bond donors (Lipinski definition) is 3. The Hall–Kier alpha value is -6.64. The van der Waals surface area contributed by atoms with Gasteiger partial charge in [0, 0.05) is 87.7 Å². The number of halogens is 1. The number of amides is 2. The zero-order chi connectivity index (χ0) is 54.6. The van der Waals surface area contributed by atoms with Crippen LogP contribution in [0.2, 0.25) is 0 Å². The molecule has 9 heterocycles. The van der Waals surface area contributed by atoms with Gasteiger partial charge in [-0.3, -0.25) is 24.4 Å². The van der Waals surface area contributed by atoms with Crippen molar-refractivity contribution >= 4 is 50.6 Å². The summed E-state index contributed by atoms with van der Waals surface area (Å²) < 4.78 is 35.8. The van der Waals surface area contributed by atoms with Crippen LogP contribution in [0.5, 0.6) is 11.9 Å². The van der Waals surface area contributed by atoms with Gasteiger partial charge in [-0.25, -0.2) is 9.37 Å². The van der Waals surface area contributed by atoms with Crippen molar-refractivity contribution < 1.29 is 33.1 Å². The number of β-amino-alcohol motifs (C(OH)–C–C–N with tert-alkyl or cyclic N) is 1. The van der Waals surface area contributed by atoms with Gasteiger partial charge in [0.1, 0.15) is 41.7 Å². The average molecular weight is 1090 g/mol. The summed E-state index contributed by atoms with van der Waals surface area (Å²) in [7, 11) is 2.14. The molecule has 7 aromatic rings. The van der Waals surface area contributed by atoms with Gasteiger partial charge in [-0.2, -0.15) is 9.97 Å². The van der Waals surface area contributed by atoms with E-state index < -0.39 is 23.9 Å². The molecular formula is C60H70FN11O6S. The summed E-state index contributed by atoms with van der Waals surface area (Å²) in [4.78, 5) is 56.8. The average Bonchev–Trinajstić information content (AvgIpc) is 4.31. The number of aryl methyl sites for hydroxylation is 2. The minimum Gasteiger partial charge on any atom is -0.469 e. The van der Waals surface area contributed by atoms with Gasteiger partial charge in [-0.1, -0.05) is 81.4 Å². The van der Waals surface area contributed by atoms with Gasteiger partial charge in [-0.15, -0.1) is 11.3 Å². The Morgan fingerprint density at radius 3 is 2.44 bits per heavy atom. The van der Waals surface area contributed by atoms with E-state index in [1.807, 2.05) is 75.7 Å². The van der Waals surface area contributed by atoms with Crippen molar-refractivity contribution in [3.8, 4) is 33.6 Å². The molecule has 0 aliphatic carbocycles. The highest BCUT2D eigenvalue weighted by atomic mass is 32.1. The Balaban J connectivity index is 0.660. The smallest absolute Gasteiger partial charge is 0.319 e. The van der Waals surface area contributed by atoms with Crippen molar-refractivity contribution in [3.05, 3.63) is 107 Å². The summed E-state index contributed by atoms with van der Waals surface area (Å²) in [6.45, 7) is 14.1. The zero-order valence-electron chi connectivity index (χ0n) is 45.8. The monoisotopic (exact) mass is 1090 g/mol. The Kier molecular flexibility index (Phi) is 14.9. The number of likely N-dealkylation sites (N-methyl/N-ethyl adjacent to an activating group) is 1. The third-order valence-corrected chi connectivity index (χ3v) is 18.2. The molecule has 2 unspecified atom stereocenters. The number of rotatable bonds is 17. The number of hydrogen-bond acceptors (Lipinski definition) is 16. The fourth-order valence-corrected chi connectivity index (χ4v) is 13.7. The van der Waals surface area contributed by atoms with E-state index in [0.29, 0.717) is 60.7 Å². The van der Waals surface area contributed by atoms with Crippen LogP contribution in [0.25, 0.3) is 43.4 Å². The number of benzene rings is 3. The highest BCUT2D eigenvalue weighted by Gasteiger charge is 2.44. The number of carbonyl (C=O) groups excluding carboxylic acids is 2. The predicted molar refractivity (Wildman–Crippen MR) is 302 cm³/mol. The van der Waals surface area contributed by atoms with Crippen molar-refractivity contribution in [2.45, 2.75) is 128 Å². The van der Waals surface area contributed by atoms with Crippen LogP contribution in [0.15, 0.2) is 83.0 Å². The van der Waals surface area contributed by atoms with E-state index >= 15 is 4.39 Å². The lowest BCUT2D eigenvalue weighted by atomic mass is 9.91. The number of aromatic nitrogens is 5. The Morgan fingerprint density at radius 2 is 1.71 bits per heavy atom. The van der Waals surface area contributed by atoms with Crippen LogP contribution in [0.3, 0.4) is 0 Å². The largest absolute Gasteiger partial charge is 0.469 e. The molecule has 0 spiro atoms. The van der Waals surface area contributed by atoms with E-state index in [0.717, 1.165) is 95.3 Å². The molecule has 12 rings (SSSR count). The molecule has 3 N–H and O–H groups in total. The lowest BCUT2D eigenvalue weighted by Gasteiger charge is -2.41. The number of pyridine rings is 1. The number of aliphatic hydroxyl groups is 1. The number of fused-ring (bicyclic) bond motifs is 4. The number of thiazole rings is 1. The number of anilines is 1. The molecule has 5 saturated heterocycles. The van der Waals surface area contributed by atoms with Crippen molar-refractivity contribution in [3.63, 3.8) is 0 Å². The second kappa shape index (κ2) is 22.1. The van der Waals surface area contributed by atoms with Gasteiger partial charge in [0.25, 0.3) is 5.88 Å². The highest BCUT2D eigenvalue weighted by Crippen LogP contribution is 2.39. The molecule has 3 aromatic carbocycles. The van der Waals surface area contributed by atoms with Gasteiger partial charge < -0.3 is 39.5 Å². The maximum atomic E-state index is 17.2. The number of aliphatic hydroxyl groups excluding tert-OH is 1. The van der Waals surface area contributed by atoms with Gasteiger partial charge in [0.2, 0.25) is 11.8 Å². The number of nitrogens with zero attached hydrogens (tertiary/aromatic N) is 9. The molecule has 0 radical (unpaired) electrons. The summed E-state index contributed by atoms with van der Waals surface area (Å²) in [6, 6.07) is 22.0. The van der Waals surface area contributed by atoms with Crippen molar-refractivity contribution in [1.29, 1.82) is 0 Å². The molecule has 414 valence electrons. The van der Waals surface area contributed by atoms with E-state index in [4.69, 9.17) is 28.9 Å². The first-order valence-electron chi connectivity index (χ1n) is 28.1. The molecule has 2 bridgehead atoms. The van der Waals surface area contributed by atoms with Crippen LogP contribution in [-0.4, -0.2) is 152 Å². The summed E-state index contributed by atoms with van der Waals surface area (Å²) in [6.07, 6.45) is 5.87. The van der Waals surface area contributed by atoms with Crippen LogP contribution in [0, 0.1) is 18.7 Å². The van der Waals surface area contributed by atoms with Crippen molar-refractivity contribution in [2.24, 2.45) is 5.92 Å². The molecule has 8 atom stereocenters. The van der Waals surface area contributed by atoms with Crippen LogP contribution in [0.4, 0.5) is 10.2 Å². The molecular weight excluding hydrogens is 1020 g/mol. The maximum absolute atomic E-state index is 17.2. The van der Waals surface area contributed by atoms with Gasteiger partial charge in [0.05, 0.1) is 33.6 Å². The van der Waals surface area contributed by atoms with Gasteiger partial charge in [-0.05, 0) is 91.5 Å². The molecule has 0 saturated carbocycles. The second-order valence-corrected chi connectivity index (χ2v) is 23.7. The van der Waals surface area contributed by atoms with Crippen molar-refractivity contribution in [2.75, 3.05) is 57.8 Å². The first-order valence-corrected chi connectivity index (χ1v) is 29.0. The molecule has 5 aliphatic heterocycles. The summed E-state index contributed by atoms with van der Waals surface area (Å²) >= 11 is 1.59. The van der Waals surface area contributed by atoms with E-state index in [1.165, 1.54) is 4.90 Å². The Morgan fingerprint density at radius 1 is 0.949 bits per heavy atom. The maximum Gasteiger partial charge on any atom is 0.319 e. The lowest BCUT2D eigenvalue weighted by molar-refractivity contribution is -0.141. The highest BCUT2D eigenvalue weighted by molar-refractivity contribution is 7.13. The SMILES string of the molecule is CCc1cccc2cccc(-c3ncc4c(N5CC6CCC(C5)N6)nc(OC[C@@H]5CC[C@@H](CN6CC(Oc7cc([C@H](C(=O)N8C[C@H](O)C[C@H]8C(=O)N[C@@H](C)c8ccc(-c9scnc9C)cc8)C(C)C)on7)C6)N5C)nc4c3F)c12. The van der Waals surface area contributed by atoms with Gasteiger partial charge in [0.15, 0.2) is 11.6 Å². The Bertz CT molecular complexity index is 3350. The molecule has 4 aromatic heterocycles. The molecule has 5 fully saturated rings. The minimum atomic E-state index is -0.842. The van der Waals surface area contributed by atoms with Crippen LogP contribution in [0.1, 0.15) is 94.3 Å². The number of nitrogens with one attached hydrogen (secondary N) is 2. The summed E-state index contributed by atoms with van der Waals surface area (Å²) in [5, 5.41) is 24.5. The molecule has 19 heteroatoms. The first-order chi connectivity index (χ1) is 38.3. The topological polar surface area (TPSA) is 187 Å². The van der Waals surface area contributed by atoms with Crippen LogP contribution < -0.4 is 25.0 Å². The number of piperazine rings is 1. The summed E-state index contributed by atoms with van der Waals surface area (Å²) in [5.74, 6) is -0.696. The van der Waals surface area contributed by atoms with E-state index in [-0.39, 0.29) is 66.1 Å². The van der Waals surface area contributed by atoms with E-state index in [2.05, 4.69) is 67.6 Å². The third-order valence-electron chi connectivity index (χ3n) is 17.2. The van der Waals surface area contributed by atoms with Gasteiger partial charge >= 0.3 is 6.01 Å². The fourth-order valence-electron chi connectivity index (χ4n) is 12.9. The minimum absolute atomic E-state index is 0.0434. The quantitative estimate of drug-likeness (QED) is 0.0794. The first kappa shape index (κ1) is 53.0. The molecule has 79 heavy (non-hydrogen) atoms. The normalized spacial score (nSPS) is 23.5. The van der Waals surface area contributed by atoms with Crippen LogP contribution >= 0.6 is 11.3 Å². The van der Waals surface area contributed by atoms with E-state index in [1.54, 1.807) is 23.6 Å². The second-order valence-electron chi connectivity index (χ2n) is 22.9. The third kappa shape index (κ3) is 10.6. The Labute approximate surface area is 463 Å². The van der Waals surface area contributed by atoms with Crippen molar-refractivity contribution in [1.82, 2.24) is 50.4 Å². The zero-order valence-corrected chi connectivity index (χ0v) is 46.6. The lowest BCUT2D eigenvalue weighted by Crippen LogP contribution is -2.57. The van der Waals surface area contributed by atoms with Crippen LogP contribution in [-0.2, 0) is 16.0 Å². The summed E-state index contributed by atoms with van der Waals surface area (Å²) in [5.41, 5.74) is 7.18. The fraction of sp³-hybridized carbons (Fsp3) is 0.483. The standard InChI is InChI=1S/C60H70FN11O6S/c1-7-36-10-8-11-38-12-9-13-46(52(36)38)54-53(61)55-47(24-62-54)57(71-25-40-18-19-41(26-71)65-40)67-60(66-55)76-31-43-21-20-42(69(43)6)27-70-29-45(30-70)77-50-23-49(78-68-50)51(33(2)3)59(75)72-28-44(73)22-48(72)58(74)64-34(4)37-14-16-39(17-15-37)56-35(5)63-32-79-56/h8-17,23-24,32-34,40-45,48,51,65,73H,7,18-22,25-31H2,1-6H3,(H,64,74)/t34-,40?,41?,42-,43-,44+,48-,51+/m0/s1. The molecule has 2 amide bonds. The van der Waals surface area contributed by atoms with E-state index in [9.17, 15) is 14.7 Å². The molecule has 17 nitrogen and oxygen atoms in total.